The topological polar surface area (TPSA) is 65.2 Å². The van der Waals surface area contributed by atoms with Crippen LogP contribution < -0.4 is 21.3 Å². The second-order valence-electron chi connectivity index (χ2n) is 3.09. The summed E-state index contributed by atoms with van der Waals surface area (Å²) in [5.41, 5.74) is 0. The molecular formula is C9H21BrN4O. The van der Waals surface area contributed by atoms with Crippen LogP contribution in [-0.4, -0.2) is 57.6 Å². The van der Waals surface area contributed by atoms with E-state index in [1.807, 2.05) is 7.05 Å². The Kier molecular flexibility index (Phi) is 11.8. The molecule has 0 aromatic rings. The summed E-state index contributed by atoms with van der Waals surface area (Å²) in [4.78, 5) is 10.8. The predicted molar refractivity (Wildman–Crippen MR) is 66.5 cm³/mol. The van der Waals surface area contributed by atoms with E-state index in [0.29, 0.717) is 11.9 Å². The number of rotatable bonds is 10. The molecule has 1 amide bonds. The molecule has 0 fully saturated rings. The highest BCUT2D eigenvalue weighted by molar-refractivity contribution is 9.09. The highest BCUT2D eigenvalue weighted by Gasteiger charge is 1.94. The highest BCUT2D eigenvalue weighted by Crippen LogP contribution is 1.76. The molecule has 0 rings (SSSR count). The van der Waals surface area contributed by atoms with Crippen molar-refractivity contribution >= 4 is 21.8 Å². The van der Waals surface area contributed by atoms with Gasteiger partial charge in [0, 0.05) is 39.3 Å². The van der Waals surface area contributed by atoms with Crippen molar-refractivity contribution < 1.29 is 4.79 Å². The number of hydrogen-bond acceptors (Lipinski definition) is 4. The number of hydrogen-bond donors (Lipinski definition) is 4. The van der Waals surface area contributed by atoms with Crippen LogP contribution in [0.2, 0.25) is 0 Å². The second-order valence-corrected chi connectivity index (χ2v) is 3.65. The molecule has 5 nitrogen and oxygen atoms in total. The zero-order chi connectivity index (χ0) is 11.4. The lowest BCUT2D eigenvalue weighted by Crippen LogP contribution is -2.36. The Morgan fingerprint density at radius 2 is 1.53 bits per heavy atom. The average molecular weight is 281 g/mol. The van der Waals surface area contributed by atoms with Crippen molar-refractivity contribution in [2.45, 2.75) is 0 Å². The minimum absolute atomic E-state index is 0.0314. The molecule has 0 aliphatic rings. The first-order valence-electron chi connectivity index (χ1n) is 5.20. The van der Waals surface area contributed by atoms with Crippen molar-refractivity contribution in [2.24, 2.45) is 0 Å². The number of halogens is 1. The molecular weight excluding hydrogens is 260 g/mol. The third kappa shape index (κ3) is 11.8. The molecule has 0 saturated heterocycles. The molecule has 0 heterocycles. The van der Waals surface area contributed by atoms with Gasteiger partial charge in [-0.25, -0.2) is 0 Å². The van der Waals surface area contributed by atoms with Crippen LogP contribution in [0.5, 0.6) is 0 Å². The van der Waals surface area contributed by atoms with Crippen molar-refractivity contribution in [3.05, 3.63) is 0 Å². The molecule has 0 aromatic carbocycles. The minimum atomic E-state index is 0.0314. The molecule has 4 N–H and O–H groups in total. The molecule has 6 heteroatoms. The van der Waals surface area contributed by atoms with E-state index >= 15 is 0 Å². The van der Waals surface area contributed by atoms with Gasteiger partial charge in [0.1, 0.15) is 0 Å². The lowest BCUT2D eigenvalue weighted by Gasteiger charge is -2.06. The summed E-state index contributed by atoms with van der Waals surface area (Å²) in [5, 5.41) is 12.7. The quantitative estimate of drug-likeness (QED) is 0.303. The molecule has 0 saturated carbocycles. The molecule has 0 aliphatic carbocycles. The largest absolute Gasteiger partial charge is 0.354 e. The number of alkyl halides is 1. The van der Waals surface area contributed by atoms with Crippen LogP contribution in [0.3, 0.4) is 0 Å². The van der Waals surface area contributed by atoms with Gasteiger partial charge in [0.25, 0.3) is 0 Å². The lowest BCUT2D eigenvalue weighted by atomic mass is 10.5. The molecule has 15 heavy (non-hydrogen) atoms. The Hall–Kier alpha value is -0.170. The summed E-state index contributed by atoms with van der Waals surface area (Å²) in [5.74, 6) is 0.0314. The average Bonchev–Trinajstić information content (AvgIpc) is 2.26. The van der Waals surface area contributed by atoms with Gasteiger partial charge in [0.15, 0.2) is 0 Å². The van der Waals surface area contributed by atoms with Gasteiger partial charge >= 0.3 is 0 Å². The van der Waals surface area contributed by atoms with Crippen LogP contribution in [0, 0.1) is 0 Å². The predicted octanol–water partition coefficient (Wildman–Crippen LogP) is -1.10. The van der Waals surface area contributed by atoms with Gasteiger partial charge in [-0.2, -0.15) is 0 Å². The van der Waals surface area contributed by atoms with Crippen molar-refractivity contribution in [3.8, 4) is 0 Å². The smallest absolute Gasteiger partial charge is 0.230 e. The fourth-order valence-corrected chi connectivity index (χ4v) is 1.18. The Labute approximate surface area is 99.9 Å². The Bertz CT molecular complexity index is 157. The van der Waals surface area contributed by atoms with E-state index in [-0.39, 0.29) is 5.91 Å². The fraction of sp³-hybridized carbons (Fsp3) is 0.889. The van der Waals surface area contributed by atoms with E-state index in [0.717, 1.165) is 32.7 Å². The van der Waals surface area contributed by atoms with E-state index in [9.17, 15) is 4.79 Å². The van der Waals surface area contributed by atoms with Crippen molar-refractivity contribution in [2.75, 3.05) is 51.6 Å². The number of carbonyl (C=O) groups is 1. The zero-order valence-electron chi connectivity index (χ0n) is 9.24. The third-order valence-corrected chi connectivity index (χ3v) is 2.28. The Balaban J connectivity index is 2.95. The maximum atomic E-state index is 10.8. The maximum Gasteiger partial charge on any atom is 0.230 e. The van der Waals surface area contributed by atoms with E-state index in [1.54, 1.807) is 0 Å². The summed E-state index contributed by atoms with van der Waals surface area (Å²) in [6, 6.07) is 0. The first-order chi connectivity index (χ1) is 7.31. The van der Waals surface area contributed by atoms with Gasteiger partial charge in [0.05, 0.1) is 5.33 Å². The normalized spacial score (nSPS) is 10.3. The van der Waals surface area contributed by atoms with Gasteiger partial charge in [-0.15, -0.1) is 0 Å². The number of amides is 1. The van der Waals surface area contributed by atoms with Gasteiger partial charge in [-0.1, -0.05) is 15.9 Å². The second kappa shape index (κ2) is 11.9. The molecule has 0 aliphatic heterocycles. The van der Waals surface area contributed by atoms with Gasteiger partial charge < -0.3 is 21.3 Å². The Morgan fingerprint density at radius 1 is 1.00 bits per heavy atom. The highest BCUT2D eigenvalue weighted by atomic mass is 79.9. The molecule has 90 valence electrons. The van der Waals surface area contributed by atoms with E-state index in [1.165, 1.54) is 0 Å². The fourth-order valence-electron chi connectivity index (χ4n) is 0.978. The van der Waals surface area contributed by atoms with Gasteiger partial charge in [-0.05, 0) is 7.05 Å². The standard InChI is InChI=1S/C9H21BrN4O/c1-11-2-3-12-4-5-13-6-7-14-9(15)8-10/h11-13H,2-8H2,1H3,(H,14,15). The van der Waals surface area contributed by atoms with Crippen LogP contribution >= 0.6 is 15.9 Å². The molecule has 0 bridgehead atoms. The van der Waals surface area contributed by atoms with Gasteiger partial charge in [0.2, 0.25) is 5.91 Å². The van der Waals surface area contributed by atoms with Crippen molar-refractivity contribution in [3.63, 3.8) is 0 Å². The van der Waals surface area contributed by atoms with Crippen molar-refractivity contribution in [1.29, 1.82) is 0 Å². The SMILES string of the molecule is CNCCNCCNCCNC(=O)CBr. The molecule has 0 unspecified atom stereocenters. The van der Waals surface area contributed by atoms with Crippen LogP contribution in [0.4, 0.5) is 0 Å². The maximum absolute atomic E-state index is 10.8. The van der Waals surface area contributed by atoms with Crippen LogP contribution in [0.1, 0.15) is 0 Å². The van der Waals surface area contributed by atoms with E-state index < -0.39 is 0 Å². The molecule has 0 atom stereocenters. The summed E-state index contributed by atoms with van der Waals surface area (Å²) >= 11 is 3.08. The Morgan fingerprint density at radius 3 is 2.07 bits per heavy atom. The van der Waals surface area contributed by atoms with E-state index in [4.69, 9.17) is 0 Å². The summed E-state index contributed by atoms with van der Waals surface area (Å²) < 4.78 is 0. The number of nitrogens with one attached hydrogen (secondary N) is 4. The van der Waals surface area contributed by atoms with Gasteiger partial charge in [-0.3, -0.25) is 4.79 Å². The monoisotopic (exact) mass is 280 g/mol. The van der Waals surface area contributed by atoms with E-state index in [2.05, 4.69) is 37.2 Å². The third-order valence-electron chi connectivity index (χ3n) is 1.78. The summed E-state index contributed by atoms with van der Waals surface area (Å²) in [6.45, 7) is 5.34. The lowest BCUT2D eigenvalue weighted by molar-refractivity contribution is -0.118. The minimum Gasteiger partial charge on any atom is -0.354 e. The molecule has 0 spiro atoms. The molecule has 0 aromatic heterocycles. The van der Waals surface area contributed by atoms with Crippen LogP contribution in [-0.2, 0) is 4.79 Å². The van der Waals surface area contributed by atoms with Crippen LogP contribution in [0.15, 0.2) is 0 Å². The number of likely N-dealkylation sites (N-methyl/N-ethyl adjacent to an activating group) is 1. The summed E-state index contributed by atoms with van der Waals surface area (Å²) in [7, 11) is 1.94. The van der Waals surface area contributed by atoms with Crippen LogP contribution in [0.25, 0.3) is 0 Å². The number of carbonyl (C=O) groups excluding carboxylic acids is 1. The first-order valence-corrected chi connectivity index (χ1v) is 6.32. The zero-order valence-corrected chi connectivity index (χ0v) is 10.8. The summed E-state index contributed by atoms with van der Waals surface area (Å²) in [6.07, 6.45) is 0. The van der Waals surface area contributed by atoms with Crippen molar-refractivity contribution in [1.82, 2.24) is 21.3 Å². The first kappa shape index (κ1) is 14.8. The molecule has 0 radical (unpaired) electrons.